The van der Waals surface area contributed by atoms with Crippen LogP contribution in [0.15, 0.2) is 6.33 Å². The van der Waals surface area contributed by atoms with Crippen molar-refractivity contribution in [3.8, 4) is 0 Å². The lowest BCUT2D eigenvalue weighted by atomic mass is 10.1. The molecule has 94 valence electrons. The Labute approximate surface area is 95.4 Å². The maximum Gasteiger partial charge on any atom is 0.293 e. The molecule has 1 fully saturated rings. The molecular weight excluding hydrogens is 232 g/mol. The number of amides is 1. The van der Waals surface area contributed by atoms with Gasteiger partial charge in [-0.2, -0.15) is 0 Å². The molecule has 1 aliphatic rings. The maximum atomic E-state index is 11.5. The molecule has 1 aromatic rings. The molecular formula is C8H12N4O5. The largest absolute Gasteiger partial charge is 0.394 e. The fourth-order valence-corrected chi connectivity index (χ4v) is 1.53. The minimum atomic E-state index is -1.31. The summed E-state index contributed by atoms with van der Waals surface area (Å²) in [7, 11) is 0. The van der Waals surface area contributed by atoms with Gasteiger partial charge in [0.15, 0.2) is 6.23 Å². The SMILES string of the molecule is O=C(NC1O[C@@H](CO)[C@H](O)[C@@H]1O)c1nc[nH]n1. The molecule has 1 saturated heterocycles. The number of hydrogen-bond donors (Lipinski definition) is 5. The van der Waals surface area contributed by atoms with Crippen LogP contribution in [0, 0.1) is 0 Å². The van der Waals surface area contributed by atoms with Gasteiger partial charge in [-0.05, 0) is 0 Å². The first-order valence-electron chi connectivity index (χ1n) is 4.92. The van der Waals surface area contributed by atoms with Crippen LogP contribution in [0.1, 0.15) is 10.6 Å². The number of H-pyrrole nitrogens is 1. The second-order valence-corrected chi connectivity index (χ2v) is 3.56. The van der Waals surface area contributed by atoms with Crippen LogP contribution >= 0.6 is 0 Å². The monoisotopic (exact) mass is 244 g/mol. The lowest BCUT2D eigenvalue weighted by Gasteiger charge is -2.14. The van der Waals surface area contributed by atoms with Gasteiger partial charge in [0.1, 0.15) is 24.6 Å². The molecule has 0 saturated carbocycles. The number of aliphatic hydroxyl groups excluding tert-OH is 3. The van der Waals surface area contributed by atoms with Crippen LogP contribution in [0.2, 0.25) is 0 Å². The average Bonchev–Trinajstić information content (AvgIpc) is 2.93. The van der Waals surface area contributed by atoms with Crippen molar-refractivity contribution < 1.29 is 24.9 Å². The minimum Gasteiger partial charge on any atom is -0.394 e. The molecule has 1 amide bonds. The van der Waals surface area contributed by atoms with E-state index in [1.807, 2.05) is 0 Å². The summed E-state index contributed by atoms with van der Waals surface area (Å²) in [5, 5.41) is 36.1. The van der Waals surface area contributed by atoms with Crippen LogP contribution in [-0.4, -0.2) is 67.6 Å². The van der Waals surface area contributed by atoms with Crippen LogP contribution in [0.25, 0.3) is 0 Å². The van der Waals surface area contributed by atoms with Gasteiger partial charge in [0.05, 0.1) is 6.61 Å². The van der Waals surface area contributed by atoms with E-state index in [0.29, 0.717) is 0 Å². The molecule has 2 heterocycles. The lowest BCUT2D eigenvalue weighted by Crippen LogP contribution is -2.44. The average molecular weight is 244 g/mol. The Hall–Kier alpha value is -1.55. The quantitative estimate of drug-likeness (QED) is 0.381. The van der Waals surface area contributed by atoms with Gasteiger partial charge < -0.3 is 25.4 Å². The van der Waals surface area contributed by atoms with E-state index in [2.05, 4.69) is 20.5 Å². The van der Waals surface area contributed by atoms with Gasteiger partial charge in [0.2, 0.25) is 5.82 Å². The predicted octanol–water partition coefficient (Wildman–Crippen LogP) is -3.03. The number of ether oxygens (including phenoxy) is 1. The summed E-state index contributed by atoms with van der Waals surface area (Å²) in [6.07, 6.45) is -3.37. The highest BCUT2D eigenvalue weighted by atomic mass is 16.6. The molecule has 5 N–H and O–H groups in total. The zero-order valence-corrected chi connectivity index (χ0v) is 8.65. The number of nitrogens with one attached hydrogen (secondary N) is 2. The minimum absolute atomic E-state index is 0.109. The molecule has 9 nitrogen and oxygen atoms in total. The summed E-state index contributed by atoms with van der Waals surface area (Å²) in [5.41, 5.74) is 0. The highest BCUT2D eigenvalue weighted by molar-refractivity contribution is 5.90. The van der Waals surface area contributed by atoms with Crippen molar-refractivity contribution in [3.63, 3.8) is 0 Å². The summed E-state index contributed by atoms with van der Waals surface area (Å²) < 4.78 is 5.06. The fourth-order valence-electron chi connectivity index (χ4n) is 1.53. The number of carbonyl (C=O) groups is 1. The van der Waals surface area contributed by atoms with Gasteiger partial charge in [-0.25, -0.2) is 4.98 Å². The highest BCUT2D eigenvalue weighted by Gasteiger charge is 2.43. The number of hydrogen-bond acceptors (Lipinski definition) is 7. The molecule has 17 heavy (non-hydrogen) atoms. The molecule has 0 spiro atoms. The summed E-state index contributed by atoms with van der Waals surface area (Å²) in [6, 6.07) is 0. The van der Waals surface area contributed by atoms with Crippen molar-refractivity contribution in [2.24, 2.45) is 0 Å². The normalized spacial score (nSPS) is 32.6. The number of aromatic amines is 1. The molecule has 0 bridgehead atoms. The van der Waals surface area contributed by atoms with Gasteiger partial charge in [-0.15, -0.1) is 5.10 Å². The third kappa shape index (κ3) is 2.26. The third-order valence-corrected chi connectivity index (χ3v) is 2.43. The second-order valence-electron chi connectivity index (χ2n) is 3.56. The van der Waals surface area contributed by atoms with Crippen molar-refractivity contribution in [3.05, 3.63) is 12.2 Å². The van der Waals surface area contributed by atoms with E-state index in [9.17, 15) is 15.0 Å². The number of aromatic nitrogens is 3. The van der Waals surface area contributed by atoms with E-state index < -0.39 is 37.1 Å². The Kier molecular flexibility index (Phi) is 3.33. The molecule has 1 aliphatic heterocycles. The number of carbonyl (C=O) groups excluding carboxylic acids is 1. The summed E-state index contributed by atoms with van der Waals surface area (Å²) in [5.74, 6) is -0.760. The van der Waals surface area contributed by atoms with Crippen molar-refractivity contribution >= 4 is 5.91 Å². The van der Waals surface area contributed by atoms with Crippen LogP contribution in [0.3, 0.4) is 0 Å². The summed E-state index contributed by atoms with van der Waals surface area (Å²) in [6.45, 7) is -0.453. The van der Waals surface area contributed by atoms with Crippen molar-refractivity contribution in [1.29, 1.82) is 0 Å². The topological polar surface area (TPSA) is 141 Å². The Morgan fingerprint density at radius 2 is 2.29 bits per heavy atom. The van der Waals surface area contributed by atoms with E-state index in [-0.39, 0.29) is 5.82 Å². The number of aliphatic hydroxyl groups is 3. The lowest BCUT2D eigenvalue weighted by molar-refractivity contribution is -0.0305. The smallest absolute Gasteiger partial charge is 0.293 e. The zero-order valence-electron chi connectivity index (χ0n) is 8.65. The van der Waals surface area contributed by atoms with Crippen molar-refractivity contribution in [1.82, 2.24) is 20.5 Å². The van der Waals surface area contributed by atoms with Gasteiger partial charge in [-0.3, -0.25) is 9.89 Å². The van der Waals surface area contributed by atoms with E-state index in [1.54, 1.807) is 0 Å². The molecule has 0 aliphatic carbocycles. The predicted molar refractivity (Wildman–Crippen MR) is 51.6 cm³/mol. The number of rotatable bonds is 3. The third-order valence-electron chi connectivity index (χ3n) is 2.43. The first kappa shape index (κ1) is 11.9. The first-order valence-corrected chi connectivity index (χ1v) is 4.92. The molecule has 9 heteroatoms. The van der Waals surface area contributed by atoms with Crippen LogP contribution in [0.5, 0.6) is 0 Å². The Morgan fingerprint density at radius 3 is 2.82 bits per heavy atom. The van der Waals surface area contributed by atoms with E-state index in [1.165, 1.54) is 6.33 Å². The first-order chi connectivity index (χ1) is 8.13. The molecule has 0 aromatic carbocycles. The standard InChI is InChI=1S/C8H12N4O5/c13-1-3-4(14)5(15)8(17-3)11-7(16)6-9-2-10-12-6/h2-5,8,13-15H,1H2,(H,11,16)(H,9,10,12)/t3-,4-,5-,8?/m0/s1. The Bertz CT molecular complexity index is 383. The van der Waals surface area contributed by atoms with Gasteiger partial charge in [0, 0.05) is 0 Å². The molecule has 1 unspecified atom stereocenters. The van der Waals surface area contributed by atoms with Crippen LogP contribution < -0.4 is 5.32 Å². The highest BCUT2D eigenvalue weighted by Crippen LogP contribution is 2.19. The van der Waals surface area contributed by atoms with Gasteiger partial charge >= 0.3 is 0 Å². The Morgan fingerprint density at radius 1 is 1.53 bits per heavy atom. The molecule has 4 atom stereocenters. The van der Waals surface area contributed by atoms with Crippen LogP contribution in [-0.2, 0) is 4.74 Å². The van der Waals surface area contributed by atoms with Gasteiger partial charge in [-0.1, -0.05) is 0 Å². The molecule has 1 aromatic heterocycles. The number of nitrogens with zero attached hydrogens (tertiary/aromatic N) is 2. The van der Waals surface area contributed by atoms with Crippen molar-refractivity contribution in [2.45, 2.75) is 24.5 Å². The Balaban J connectivity index is 1.98. The van der Waals surface area contributed by atoms with E-state index in [4.69, 9.17) is 9.84 Å². The van der Waals surface area contributed by atoms with E-state index >= 15 is 0 Å². The van der Waals surface area contributed by atoms with Gasteiger partial charge in [0.25, 0.3) is 5.91 Å². The molecule has 2 rings (SSSR count). The molecule has 0 radical (unpaired) electrons. The second kappa shape index (κ2) is 4.75. The zero-order chi connectivity index (χ0) is 12.4. The van der Waals surface area contributed by atoms with E-state index in [0.717, 1.165) is 0 Å². The van der Waals surface area contributed by atoms with Crippen molar-refractivity contribution in [2.75, 3.05) is 6.61 Å². The fraction of sp³-hybridized carbons (Fsp3) is 0.625. The van der Waals surface area contributed by atoms with Crippen LogP contribution in [0.4, 0.5) is 0 Å². The maximum absolute atomic E-state index is 11.5. The summed E-state index contributed by atoms with van der Waals surface area (Å²) >= 11 is 0. The summed E-state index contributed by atoms with van der Waals surface area (Å²) in [4.78, 5) is 15.1.